The number of hydrogen-bond donors (Lipinski definition) is 1. The number of halogens is 3. The molecule has 0 bridgehead atoms. The first kappa shape index (κ1) is 24.2. The second-order valence-corrected chi connectivity index (χ2v) is 9.03. The number of aromatic nitrogens is 1. The summed E-state index contributed by atoms with van der Waals surface area (Å²) >= 11 is 0.560. The molecular weight excluding hydrogens is 465 g/mol. The van der Waals surface area contributed by atoms with Crippen molar-refractivity contribution < 1.29 is 22.7 Å². The van der Waals surface area contributed by atoms with Gasteiger partial charge in [-0.1, -0.05) is 12.1 Å². The summed E-state index contributed by atoms with van der Waals surface area (Å²) < 4.78 is 43.8. The Bertz CT molecular complexity index is 1140. The first-order chi connectivity index (χ1) is 16.2. The summed E-state index contributed by atoms with van der Waals surface area (Å²) in [5, 5.41) is 3.38. The number of amides is 1. The lowest BCUT2D eigenvalue weighted by atomic mass is 10.0. The van der Waals surface area contributed by atoms with Gasteiger partial charge in [-0.05, 0) is 42.9 Å². The maximum absolute atomic E-state index is 13.1. The molecule has 0 radical (unpaired) electrons. The molecule has 0 unspecified atom stereocenters. The summed E-state index contributed by atoms with van der Waals surface area (Å²) in [7, 11) is 3.69. The summed E-state index contributed by atoms with van der Waals surface area (Å²) in [6, 6.07) is 12.0. The van der Waals surface area contributed by atoms with E-state index in [4.69, 9.17) is 4.74 Å². The summed E-state index contributed by atoms with van der Waals surface area (Å²) in [4.78, 5) is 21.3. The number of benzene rings is 2. The molecule has 0 aliphatic carbocycles. The Balaban J connectivity index is 1.48. The summed E-state index contributed by atoms with van der Waals surface area (Å²) in [6.45, 7) is 4.42. The minimum Gasteiger partial charge on any atom is -0.497 e. The van der Waals surface area contributed by atoms with Crippen LogP contribution >= 0.6 is 11.3 Å². The van der Waals surface area contributed by atoms with Crippen molar-refractivity contribution >= 4 is 22.9 Å². The van der Waals surface area contributed by atoms with Crippen LogP contribution in [0, 0.1) is 0 Å². The molecule has 1 aliphatic rings. The molecular formula is C24H25F3N4O2S. The van der Waals surface area contributed by atoms with Crippen LogP contribution in [0.15, 0.2) is 47.8 Å². The third kappa shape index (κ3) is 5.75. The molecule has 0 atom stereocenters. The minimum atomic E-state index is -4.46. The highest BCUT2D eigenvalue weighted by Crippen LogP contribution is 2.34. The Labute approximate surface area is 200 Å². The molecule has 1 fully saturated rings. The maximum Gasteiger partial charge on any atom is 0.443 e. The standard InChI is InChI=1S/C24H25F3N4O2S/c1-30-9-11-31(12-10-30)14-17-13-19(33-2)7-8-20(17)22(32)28-18-5-3-16(4-6-18)21-15-34-23(29-21)24(25,26)27/h3-8,13,15H,9-12,14H2,1-2H3,(H,28,32). The van der Waals surface area contributed by atoms with Gasteiger partial charge in [-0.3, -0.25) is 9.69 Å². The van der Waals surface area contributed by atoms with E-state index in [1.54, 1.807) is 43.5 Å². The lowest BCUT2D eigenvalue weighted by Crippen LogP contribution is -2.44. The molecule has 0 spiro atoms. The summed E-state index contributed by atoms with van der Waals surface area (Å²) in [5.74, 6) is 0.430. The van der Waals surface area contributed by atoms with Crippen LogP contribution in [0.4, 0.5) is 18.9 Å². The number of hydrogen-bond acceptors (Lipinski definition) is 6. The van der Waals surface area contributed by atoms with Crippen LogP contribution in [0.5, 0.6) is 5.75 Å². The van der Waals surface area contributed by atoms with Crippen molar-refractivity contribution in [2.24, 2.45) is 0 Å². The minimum absolute atomic E-state index is 0.250. The van der Waals surface area contributed by atoms with E-state index >= 15 is 0 Å². The van der Waals surface area contributed by atoms with Gasteiger partial charge in [0.05, 0.1) is 12.8 Å². The zero-order chi connectivity index (χ0) is 24.3. The van der Waals surface area contributed by atoms with E-state index in [-0.39, 0.29) is 11.6 Å². The number of nitrogens with one attached hydrogen (secondary N) is 1. The van der Waals surface area contributed by atoms with Gasteiger partial charge in [0, 0.05) is 54.9 Å². The highest BCUT2D eigenvalue weighted by molar-refractivity contribution is 7.10. The van der Waals surface area contributed by atoms with E-state index in [2.05, 4.69) is 27.1 Å². The number of thiazole rings is 1. The lowest BCUT2D eigenvalue weighted by molar-refractivity contribution is -0.137. The van der Waals surface area contributed by atoms with Crippen LogP contribution in [0.25, 0.3) is 11.3 Å². The fourth-order valence-electron chi connectivity index (χ4n) is 3.76. The van der Waals surface area contributed by atoms with Crippen LogP contribution in [-0.2, 0) is 12.7 Å². The van der Waals surface area contributed by atoms with E-state index in [1.807, 2.05) is 6.07 Å². The maximum atomic E-state index is 13.1. The highest BCUT2D eigenvalue weighted by atomic mass is 32.1. The third-order valence-electron chi connectivity index (χ3n) is 5.73. The molecule has 1 aromatic heterocycles. The molecule has 3 aromatic rings. The van der Waals surface area contributed by atoms with Crippen molar-refractivity contribution in [3.63, 3.8) is 0 Å². The Kier molecular flexibility index (Phi) is 7.20. The van der Waals surface area contributed by atoms with E-state index < -0.39 is 11.2 Å². The fraction of sp³-hybridized carbons (Fsp3) is 0.333. The van der Waals surface area contributed by atoms with Crippen LogP contribution in [0.3, 0.4) is 0 Å². The van der Waals surface area contributed by atoms with Gasteiger partial charge >= 0.3 is 6.18 Å². The number of likely N-dealkylation sites (N-methyl/N-ethyl adjacent to an activating group) is 1. The normalized spacial score (nSPS) is 15.3. The molecule has 2 aromatic carbocycles. The molecule has 10 heteroatoms. The lowest BCUT2D eigenvalue weighted by Gasteiger charge is -2.32. The fourth-order valence-corrected chi connectivity index (χ4v) is 4.45. The number of carbonyl (C=O) groups is 1. The van der Waals surface area contributed by atoms with Gasteiger partial charge in [-0.15, -0.1) is 11.3 Å². The SMILES string of the molecule is COc1ccc(C(=O)Nc2ccc(-c3csc(C(F)(F)F)n3)cc2)c(CN2CCN(C)CC2)c1. The van der Waals surface area contributed by atoms with Crippen molar-refractivity contribution in [2.75, 3.05) is 45.7 Å². The molecule has 2 heterocycles. The Morgan fingerprint density at radius 2 is 1.82 bits per heavy atom. The van der Waals surface area contributed by atoms with E-state index in [9.17, 15) is 18.0 Å². The Morgan fingerprint density at radius 3 is 2.44 bits per heavy atom. The van der Waals surface area contributed by atoms with Gasteiger partial charge in [0.1, 0.15) is 5.75 Å². The second kappa shape index (κ2) is 10.1. The number of alkyl halides is 3. The quantitative estimate of drug-likeness (QED) is 0.536. The molecule has 4 rings (SSSR count). The second-order valence-electron chi connectivity index (χ2n) is 8.17. The van der Waals surface area contributed by atoms with E-state index in [0.717, 1.165) is 31.7 Å². The predicted molar refractivity (Wildman–Crippen MR) is 126 cm³/mol. The smallest absolute Gasteiger partial charge is 0.443 e. The van der Waals surface area contributed by atoms with Crippen LogP contribution in [-0.4, -0.2) is 61.0 Å². The van der Waals surface area contributed by atoms with Gasteiger partial charge in [-0.2, -0.15) is 13.2 Å². The summed E-state index contributed by atoms with van der Waals surface area (Å²) in [6.07, 6.45) is -4.46. The number of piperazine rings is 1. The predicted octanol–water partition coefficient (Wildman–Crippen LogP) is 4.84. The van der Waals surface area contributed by atoms with Crippen molar-refractivity contribution in [1.82, 2.24) is 14.8 Å². The van der Waals surface area contributed by atoms with Crippen molar-refractivity contribution in [1.29, 1.82) is 0 Å². The number of rotatable bonds is 6. The van der Waals surface area contributed by atoms with Crippen molar-refractivity contribution in [2.45, 2.75) is 12.7 Å². The number of nitrogens with zero attached hydrogens (tertiary/aromatic N) is 3. The Morgan fingerprint density at radius 1 is 1.12 bits per heavy atom. The zero-order valence-electron chi connectivity index (χ0n) is 18.9. The average molecular weight is 491 g/mol. The summed E-state index contributed by atoms with van der Waals surface area (Å²) in [5.41, 5.74) is 2.77. The molecule has 34 heavy (non-hydrogen) atoms. The molecule has 0 saturated carbocycles. The number of methoxy groups -OCH3 is 1. The number of carbonyl (C=O) groups excluding carboxylic acids is 1. The van der Waals surface area contributed by atoms with Gasteiger partial charge < -0.3 is 15.0 Å². The van der Waals surface area contributed by atoms with Gasteiger partial charge in [-0.25, -0.2) is 4.98 Å². The molecule has 6 nitrogen and oxygen atoms in total. The molecule has 1 amide bonds. The van der Waals surface area contributed by atoms with E-state index in [0.29, 0.717) is 40.4 Å². The van der Waals surface area contributed by atoms with Crippen molar-refractivity contribution in [3.05, 3.63) is 64.0 Å². The molecule has 1 aliphatic heterocycles. The average Bonchev–Trinajstić information content (AvgIpc) is 3.32. The topological polar surface area (TPSA) is 57.7 Å². The zero-order valence-corrected chi connectivity index (χ0v) is 19.7. The first-order valence-corrected chi connectivity index (χ1v) is 11.6. The largest absolute Gasteiger partial charge is 0.497 e. The van der Waals surface area contributed by atoms with Crippen LogP contribution in [0.2, 0.25) is 0 Å². The monoisotopic (exact) mass is 490 g/mol. The van der Waals surface area contributed by atoms with Gasteiger partial charge in [0.15, 0.2) is 5.01 Å². The van der Waals surface area contributed by atoms with E-state index in [1.165, 1.54) is 5.38 Å². The van der Waals surface area contributed by atoms with Crippen molar-refractivity contribution in [3.8, 4) is 17.0 Å². The van der Waals surface area contributed by atoms with Gasteiger partial charge in [0.2, 0.25) is 0 Å². The molecule has 1 saturated heterocycles. The van der Waals surface area contributed by atoms with Crippen LogP contribution < -0.4 is 10.1 Å². The third-order valence-corrected chi connectivity index (χ3v) is 6.62. The first-order valence-electron chi connectivity index (χ1n) is 10.8. The Hall–Kier alpha value is -2.95. The van der Waals surface area contributed by atoms with Gasteiger partial charge in [0.25, 0.3) is 5.91 Å². The number of ether oxygens (including phenoxy) is 1. The molecule has 180 valence electrons. The highest BCUT2D eigenvalue weighted by Gasteiger charge is 2.34. The number of anilines is 1. The molecule has 1 N–H and O–H groups in total. The van der Waals surface area contributed by atoms with Crippen LogP contribution in [0.1, 0.15) is 20.9 Å².